The molecule has 2 N–H and O–H groups in total. The van der Waals surface area contributed by atoms with Crippen molar-refractivity contribution >= 4 is 34.8 Å². The molecule has 1 amide bonds. The third-order valence-electron chi connectivity index (χ3n) is 3.22. The van der Waals surface area contributed by atoms with E-state index in [9.17, 15) is 23.1 Å². The molecular weight excluding hydrogens is 380 g/mol. The fraction of sp³-hybridized carbons (Fsp3) is 0.125. The van der Waals surface area contributed by atoms with Gasteiger partial charge < -0.3 is 5.11 Å². The number of alkyl halides is 3. The van der Waals surface area contributed by atoms with Gasteiger partial charge in [-0.2, -0.15) is 18.3 Å². The quantitative estimate of drug-likeness (QED) is 0.579. The van der Waals surface area contributed by atoms with E-state index in [2.05, 4.69) is 10.5 Å². The highest BCUT2D eigenvalue weighted by Gasteiger charge is 2.30. The smallest absolute Gasteiger partial charge is 0.416 e. The molecule has 0 fully saturated rings. The van der Waals surface area contributed by atoms with Crippen LogP contribution >= 0.6 is 23.2 Å². The molecule has 0 saturated carbocycles. The first kappa shape index (κ1) is 19.1. The maximum Gasteiger partial charge on any atom is 0.416 e. The zero-order valence-corrected chi connectivity index (χ0v) is 14.2. The minimum Gasteiger partial charge on any atom is -0.506 e. The van der Waals surface area contributed by atoms with Crippen molar-refractivity contribution in [1.29, 1.82) is 0 Å². The van der Waals surface area contributed by atoms with Gasteiger partial charge in [-0.25, -0.2) is 5.43 Å². The first-order valence-electron chi connectivity index (χ1n) is 6.80. The van der Waals surface area contributed by atoms with Crippen LogP contribution in [0.25, 0.3) is 0 Å². The third kappa shape index (κ3) is 4.64. The van der Waals surface area contributed by atoms with Crippen LogP contribution in [0.1, 0.15) is 28.4 Å². The van der Waals surface area contributed by atoms with Gasteiger partial charge in [0.1, 0.15) is 5.75 Å². The predicted molar refractivity (Wildman–Crippen MR) is 89.2 cm³/mol. The third-order valence-corrected chi connectivity index (χ3v) is 3.72. The highest BCUT2D eigenvalue weighted by molar-refractivity contribution is 6.36. The van der Waals surface area contributed by atoms with E-state index in [1.165, 1.54) is 19.1 Å². The number of rotatable bonds is 3. The van der Waals surface area contributed by atoms with Crippen LogP contribution in [0.15, 0.2) is 41.5 Å². The number of phenols is 1. The molecule has 0 bridgehead atoms. The lowest BCUT2D eigenvalue weighted by molar-refractivity contribution is -0.137. The Labute approximate surface area is 150 Å². The van der Waals surface area contributed by atoms with Gasteiger partial charge in [-0.05, 0) is 43.3 Å². The summed E-state index contributed by atoms with van der Waals surface area (Å²) in [6.07, 6.45) is -4.48. The molecule has 0 aliphatic rings. The SMILES string of the molecule is CC(=NNC(=O)c1ccc(C(F)(F)F)cc1)c1cc(Cl)cc(Cl)c1O. The summed E-state index contributed by atoms with van der Waals surface area (Å²) in [4.78, 5) is 11.9. The Morgan fingerprint density at radius 1 is 1.16 bits per heavy atom. The van der Waals surface area contributed by atoms with Crippen LogP contribution in [0, 0.1) is 0 Å². The average Bonchev–Trinajstić information content (AvgIpc) is 2.55. The molecule has 9 heteroatoms. The normalized spacial score (nSPS) is 12.2. The molecule has 0 saturated heterocycles. The van der Waals surface area contributed by atoms with Crippen LogP contribution in [0.4, 0.5) is 13.2 Å². The molecule has 0 atom stereocenters. The van der Waals surface area contributed by atoms with Crippen LogP contribution in [0.5, 0.6) is 5.75 Å². The Balaban J connectivity index is 2.17. The zero-order chi connectivity index (χ0) is 18.8. The maximum atomic E-state index is 12.5. The summed E-state index contributed by atoms with van der Waals surface area (Å²) in [7, 11) is 0. The zero-order valence-electron chi connectivity index (χ0n) is 12.7. The van der Waals surface area contributed by atoms with Gasteiger partial charge in [-0.1, -0.05) is 23.2 Å². The summed E-state index contributed by atoms with van der Waals surface area (Å²) in [6.45, 7) is 1.49. The maximum absolute atomic E-state index is 12.5. The molecule has 0 spiro atoms. The van der Waals surface area contributed by atoms with Crippen LogP contribution in [0.3, 0.4) is 0 Å². The van der Waals surface area contributed by atoms with E-state index in [0.29, 0.717) is 0 Å². The molecule has 0 heterocycles. The number of aromatic hydroxyl groups is 1. The minimum atomic E-state index is -4.48. The van der Waals surface area contributed by atoms with Crippen molar-refractivity contribution in [2.24, 2.45) is 5.10 Å². The van der Waals surface area contributed by atoms with Crippen molar-refractivity contribution in [2.75, 3.05) is 0 Å². The fourth-order valence-electron chi connectivity index (χ4n) is 1.91. The first-order valence-corrected chi connectivity index (χ1v) is 7.55. The van der Waals surface area contributed by atoms with Crippen LogP contribution in [-0.4, -0.2) is 16.7 Å². The van der Waals surface area contributed by atoms with Gasteiger partial charge in [-0.3, -0.25) is 4.79 Å². The number of hydrogen-bond acceptors (Lipinski definition) is 3. The van der Waals surface area contributed by atoms with E-state index < -0.39 is 17.6 Å². The molecule has 0 aromatic heterocycles. The van der Waals surface area contributed by atoms with Crippen LogP contribution in [-0.2, 0) is 6.18 Å². The number of phenolic OH excluding ortho intramolecular Hbond substituents is 1. The van der Waals surface area contributed by atoms with Crippen molar-refractivity contribution < 1.29 is 23.1 Å². The number of halogens is 5. The van der Waals surface area contributed by atoms with Crippen molar-refractivity contribution in [2.45, 2.75) is 13.1 Å². The van der Waals surface area contributed by atoms with E-state index in [-0.39, 0.29) is 32.6 Å². The van der Waals surface area contributed by atoms with Gasteiger partial charge in [-0.15, -0.1) is 0 Å². The number of hydrogen-bond donors (Lipinski definition) is 2. The minimum absolute atomic E-state index is 0.00195. The van der Waals surface area contributed by atoms with Crippen molar-refractivity contribution in [1.82, 2.24) is 5.43 Å². The van der Waals surface area contributed by atoms with E-state index in [0.717, 1.165) is 24.3 Å². The summed E-state index contributed by atoms with van der Waals surface area (Å²) < 4.78 is 37.5. The van der Waals surface area contributed by atoms with Gasteiger partial charge in [0.15, 0.2) is 0 Å². The highest BCUT2D eigenvalue weighted by Crippen LogP contribution is 2.31. The van der Waals surface area contributed by atoms with Gasteiger partial charge in [0.2, 0.25) is 0 Å². The predicted octanol–water partition coefficient (Wildman–Crippen LogP) is 4.87. The lowest BCUT2D eigenvalue weighted by atomic mass is 10.1. The van der Waals surface area contributed by atoms with E-state index in [4.69, 9.17) is 23.2 Å². The largest absolute Gasteiger partial charge is 0.506 e. The molecule has 0 aliphatic heterocycles. The standard InChI is InChI=1S/C16H11Cl2F3N2O2/c1-8(12-6-11(17)7-13(18)14(12)24)22-23-15(25)9-2-4-10(5-3-9)16(19,20)21/h2-7,24H,1H3,(H,23,25). The number of nitrogens with one attached hydrogen (secondary N) is 1. The second-order valence-electron chi connectivity index (χ2n) is 5.00. The lowest BCUT2D eigenvalue weighted by Crippen LogP contribution is -2.19. The fourth-order valence-corrected chi connectivity index (χ4v) is 2.41. The second kappa shape index (κ2) is 7.33. The van der Waals surface area contributed by atoms with Crippen LogP contribution < -0.4 is 5.43 Å². The molecule has 0 aliphatic carbocycles. The van der Waals surface area contributed by atoms with Crippen molar-refractivity contribution in [3.63, 3.8) is 0 Å². The van der Waals surface area contributed by atoms with Crippen molar-refractivity contribution in [3.05, 3.63) is 63.1 Å². The Kier molecular flexibility index (Phi) is 5.59. The molecule has 132 valence electrons. The number of carbonyl (C=O) groups is 1. The summed E-state index contributed by atoms with van der Waals surface area (Å²) in [5.74, 6) is -0.961. The van der Waals surface area contributed by atoms with Crippen molar-refractivity contribution in [3.8, 4) is 5.75 Å². The van der Waals surface area contributed by atoms with E-state index >= 15 is 0 Å². The van der Waals surface area contributed by atoms with Crippen LogP contribution in [0.2, 0.25) is 10.0 Å². The number of carbonyl (C=O) groups excluding carboxylic acids is 1. The lowest BCUT2D eigenvalue weighted by Gasteiger charge is -2.08. The Bertz CT molecular complexity index is 835. The molecule has 0 radical (unpaired) electrons. The molecule has 2 aromatic rings. The molecular formula is C16H11Cl2F3N2O2. The molecule has 4 nitrogen and oxygen atoms in total. The van der Waals surface area contributed by atoms with Gasteiger partial charge in [0.25, 0.3) is 5.91 Å². The van der Waals surface area contributed by atoms with Gasteiger partial charge in [0.05, 0.1) is 16.3 Å². The second-order valence-corrected chi connectivity index (χ2v) is 5.84. The summed E-state index contributed by atoms with van der Waals surface area (Å²) in [5.41, 5.74) is 1.75. The summed E-state index contributed by atoms with van der Waals surface area (Å²) >= 11 is 11.7. The Morgan fingerprint density at radius 2 is 1.76 bits per heavy atom. The Morgan fingerprint density at radius 3 is 2.32 bits per heavy atom. The topological polar surface area (TPSA) is 61.7 Å². The Hall–Kier alpha value is -2.25. The van der Waals surface area contributed by atoms with Gasteiger partial charge in [0, 0.05) is 16.1 Å². The number of benzene rings is 2. The molecule has 2 aromatic carbocycles. The molecule has 2 rings (SSSR count). The number of nitrogens with zero attached hydrogens (tertiary/aromatic N) is 1. The summed E-state index contributed by atoms with van der Waals surface area (Å²) in [6, 6.07) is 6.43. The monoisotopic (exact) mass is 390 g/mol. The average molecular weight is 391 g/mol. The molecule has 25 heavy (non-hydrogen) atoms. The summed E-state index contributed by atoms with van der Waals surface area (Å²) in [5, 5.41) is 14.0. The number of hydrazone groups is 1. The highest BCUT2D eigenvalue weighted by atomic mass is 35.5. The number of amides is 1. The van der Waals surface area contributed by atoms with Gasteiger partial charge >= 0.3 is 6.18 Å². The van der Waals surface area contributed by atoms with E-state index in [1.807, 2.05) is 0 Å². The molecule has 0 unspecified atom stereocenters. The first-order chi connectivity index (χ1) is 11.6. The van der Waals surface area contributed by atoms with E-state index in [1.54, 1.807) is 0 Å².